The van der Waals surface area contributed by atoms with Crippen molar-refractivity contribution in [3.63, 3.8) is 0 Å². The van der Waals surface area contributed by atoms with Gasteiger partial charge >= 0.3 is 12.2 Å². The van der Waals surface area contributed by atoms with E-state index in [1.807, 2.05) is 0 Å². The van der Waals surface area contributed by atoms with Crippen LogP contribution in [-0.2, 0) is 16.4 Å². The standard InChI is InChI=1S/C19H19F5N6O3S/c1-11(19(22,23)24)33-17-25-15(29-8-7-18(20,21)10-29)14-16(26-17)30(28-27-14)9-12-5-3-4-6-13(12)34(2,31)32/h3-6,11H,7-10H2,1-2H3/t11-/m0/s1. The van der Waals surface area contributed by atoms with Gasteiger partial charge in [-0.2, -0.15) is 23.1 Å². The average molecular weight is 506 g/mol. The van der Waals surface area contributed by atoms with Gasteiger partial charge in [0.25, 0.3) is 5.92 Å². The van der Waals surface area contributed by atoms with Gasteiger partial charge in [0.1, 0.15) is 0 Å². The van der Waals surface area contributed by atoms with Crippen LogP contribution in [-0.4, -0.2) is 70.9 Å². The molecule has 1 aromatic carbocycles. The van der Waals surface area contributed by atoms with Crippen molar-refractivity contribution >= 4 is 26.8 Å². The number of fused-ring (bicyclic) bond motifs is 1. The summed E-state index contributed by atoms with van der Waals surface area (Å²) in [6, 6.07) is 5.39. The molecule has 0 spiro atoms. The number of anilines is 1. The number of aromatic nitrogens is 5. The highest BCUT2D eigenvalue weighted by Crippen LogP contribution is 2.34. The Morgan fingerprint density at radius 1 is 1.21 bits per heavy atom. The molecule has 0 radical (unpaired) electrons. The second-order valence-corrected chi connectivity index (χ2v) is 9.94. The van der Waals surface area contributed by atoms with Crippen LogP contribution in [0, 0.1) is 0 Å². The molecule has 1 aliphatic rings. The SMILES string of the molecule is C[C@H](Oc1nc(N2CCC(F)(F)C2)c2nnn(Cc3ccccc3S(C)(=O)=O)c2n1)C(F)(F)F. The first-order chi connectivity index (χ1) is 15.7. The molecule has 2 aromatic heterocycles. The van der Waals surface area contributed by atoms with Crippen LogP contribution in [0.15, 0.2) is 29.2 Å². The number of benzene rings is 1. The van der Waals surface area contributed by atoms with Gasteiger partial charge in [-0.25, -0.2) is 21.9 Å². The molecule has 0 N–H and O–H groups in total. The van der Waals surface area contributed by atoms with E-state index in [1.54, 1.807) is 6.07 Å². The van der Waals surface area contributed by atoms with Crippen molar-refractivity contribution in [2.75, 3.05) is 24.2 Å². The van der Waals surface area contributed by atoms with Gasteiger partial charge in [0.15, 0.2) is 32.9 Å². The maximum absolute atomic E-state index is 13.8. The van der Waals surface area contributed by atoms with E-state index in [1.165, 1.54) is 23.1 Å². The summed E-state index contributed by atoms with van der Waals surface area (Å²) in [4.78, 5) is 9.11. The van der Waals surface area contributed by atoms with Crippen molar-refractivity contribution in [2.45, 2.75) is 43.0 Å². The fraction of sp³-hybridized carbons (Fsp3) is 0.474. The molecule has 4 rings (SSSR count). The van der Waals surface area contributed by atoms with Gasteiger partial charge in [0.2, 0.25) is 0 Å². The van der Waals surface area contributed by atoms with E-state index >= 15 is 0 Å². The van der Waals surface area contributed by atoms with Crippen molar-refractivity contribution in [2.24, 2.45) is 0 Å². The number of alkyl halides is 5. The van der Waals surface area contributed by atoms with Gasteiger partial charge in [0.05, 0.1) is 18.0 Å². The number of sulfone groups is 1. The minimum Gasteiger partial charge on any atom is -0.451 e. The lowest BCUT2D eigenvalue weighted by molar-refractivity contribution is -0.190. The average Bonchev–Trinajstić information content (AvgIpc) is 3.29. The fourth-order valence-corrected chi connectivity index (χ4v) is 4.44. The van der Waals surface area contributed by atoms with Gasteiger partial charge in [-0.3, -0.25) is 0 Å². The quantitative estimate of drug-likeness (QED) is 0.471. The molecule has 0 unspecified atom stereocenters. The van der Waals surface area contributed by atoms with Crippen LogP contribution in [0.25, 0.3) is 11.2 Å². The monoisotopic (exact) mass is 506 g/mol. The molecule has 0 aliphatic carbocycles. The summed E-state index contributed by atoms with van der Waals surface area (Å²) in [6.07, 6.45) is -6.42. The predicted octanol–water partition coefficient (Wildman–Crippen LogP) is 2.85. The van der Waals surface area contributed by atoms with Gasteiger partial charge in [-0.05, 0) is 18.6 Å². The smallest absolute Gasteiger partial charge is 0.425 e. The predicted molar refractivity (Wildman–Crippen MR) is 110 cm³/mol. The third-order valence-corrected chi connectivity index (χ3v) is 6.43. The zero-order valence-corrected chi connectivity index (χ0v) is 18.7. The largest absolute Gasteiger partial charge is 0.451 e. The topological polar surface area (TPSA) is 103 Å². The summed E-state index contributed by atoms with van der Waals surface area (Å²) in [6.45, 7) is -0.218. The fourth-order valence-electron chi connectivity index (χ4n) is 3.50. The maximum atomic E-state index is 13.8. The maximum Gasteiger partial charge on any atom is 0.425 e. The molecule has 0 saturated carbocycles. The highest BCUT2D eigenvalue weighted by atomic mass is 32.2. The van der Waals surface area contributed by atoms with Crippen LogP contribution in [0.5, 0.6) is 6.01 Å². The van der Waals surface area contributed by atoms with E-state index in [-0.39, 0.29) is 35.0 Å². The number of rotatable bonds is 6. The second kappa shape index (κ2) is 8.29. The van der Waals surface area contributed by atoms with E-state index in [0.29, 0.717) is 5.56 Å². The Bertz CT molecular complexity index is 1330. The Morgan fingerprint density at radius 3 is 2.53 bits per heavy atom. The Morgan fingerprint density at radius 2 is 1.91 bits per heavy atom. The summed E-state index contributed by atoms with van der Waals surface area (Å²) < 4.78 is 97.1. The van der Waals surface area contributed by atoms with Crippen LogP contribution in [0.1, 0.15) is 18.9 Å². The highest BCUT2D eigenvalue weighted by Gasteiger charge is 2.41. The van der Waals surface area contributed by atoms with Crippen LogP contribution in [0.3, 0.4) is 0 Å². The third-order valence-electron chi connectivity index (χ3n) is 5.23. The first kappa shape index (κ1) is 24.0. The minimum atomic E-state index is -4.72. The summed E-state index contributed by atoms with van der Waals surface area (Å²) in [5.41, 5.74) is 0.213. The summed E-state index contributed by atoms with van der Waals surface area (Å²) in [5, 5.41) is 7.87. The van der Waals surface area contributed by atoms with Crippen LogP contribution >= 0.6 is 0 Å². The first-order valence-electron chi connectivity index (χ1n) is 10.00. The Hall–Kier alpha value is -3.10. The van der Waals surface area contributed by atoms with Gasteiger partial charge in [0, 0.05) is 19.2 Å². The van der Waals surface area contributed by atoms with Gasteiger partial charge in [-0.15, -0.1) is 5.10 Å². The number of nitrogens with zero attached hydrogens (tertiary/aromatic N) is 6. The molecule has 9 nitrogen and oxygen atoms in total. The molecule has 3 heterocycles. The summed E-state index contributed by atoms with van der Waals surface area (Å²) in [5.74, 6) is -3.16. The molecule has 1 aliphatic heterocycles. The zero-order valence-electron chi connectivity index (χ0n) is 17.9. The number of ether oxygens (including phenoxy) is 1. The van der Waals surface area contributed by atoms with Crippen LogP contribution in [0.2, 0.25) is 0 Å². The van der Waals surface area contributed by atoms with Gasteiger partial charge < -0.3 is 9.64 Å². The van der Waals surface area contributed by atoms with Gasteiger partial charge in [-0.1, -0.05) is 23.4 Å². The van der Waals surface area contributed by atoms with Crippen molar-refractivity contribution in [3.05, 3.63) is 29.8 Å². The number of hydrogen-bond donors (Lipinski definition) is 0. The lowest BCUT2D eigenvalue weighted by Gasteiger charge is -2.20. The van der Waals surface area contributed by atoms with E-state index in [4.69, 9.17) is 4.74 Å². The minimum absolute atomic E-state index is 0.0225. The molecule has 34 heavy (non-hydrogen) atoms. The van der Waals surface area contributed by atoms with Crippen LogP contribution < -0.4 is 9.64 Å². The Kier molecular flexibility index (Phi) is 5.86. The molecule has 1 atom stereocenters. The molecule has 0 amide bonds. The van der Waals surface area contributed by atoms with E-state index in [2.05, 4.69) is 20.3 Å². The van der Waals surface area contributed by atoms with Crippen molar-refractivity contribution in [3.8, 4) is 6.01 Å². The van der Waals surface area contributed by atoms with Crippen molar-refractivity contribution in [1.82, 2.24) is 25.0 Å². The Balaban J connectivity index is 1.81. The lowest BCUT2D eigenvalue weighted by Crippen LogP contribution is -2.32. The summed E-state index contributed by atoms with van der Waals surface area (Å²) in [7, 11) is -3.60. The molecule has 1 fully saturated rings. The highest BCUT2D eigenvalue weighted by molar-refractivity contribution is 7.90. The van der Waals surface area contributed by atoms with E-state index in [0.717, 1.165) is 17.9 Å². The zero-order chi connectivity index (χ0) is 24.9. The molecule has 184 valence electrons. The van der Waals surface area contributed by atoms with Crippen molar-refractivity contribution < 1.29 is 35.1 Å². The third kappa shape index (κ3) is 4.88. The van der Waals surface area contributed by atoms with E-state index in [9.17, 15) is 30.4 Å². The molecule has 0 bridgehead atoms. The molecule has 1 saturated heterocycles. The summed E-state index contributed by atoms with van der Waals surface area (Å²) >= 11 is 0. The molecule has 3 aromatic rings. The molecular formula is C19H19F5N6O3S. The lowest BCUT2D eigenvalue weighted by atomic mass is 10.2. The Labute approximate surface area is 190 Å². The molecular weight excluding hydrogens is 487 g/mol. The number of halogens is 5. The molecule has 15 heteroatoms. The number of hydrogen-bond acceptors (Lipinski definition) is 8. The van der Waals surface area contributed by atoms with Crippen molar-refractivity contribution in [1.29, 1.82) is 0 Å². The second-order valence-electron chi connectivity index (χ2n) is 7.96. The van der Waals surface area contributed by atoms with Crippen LogP contribution in [0.4, 0.5) is 27.8 Å². The first-order valence-corrected chi connectivity index (χ1v) is 11.9. The van der Waals surface area contributed by atoms with E-state index < -0.39 is 47.0 Å². The normalized spacial score (nSPS) is 17.3.